The zero-order valence-electron chi connectivity index (χ0n) is 16.8. The molecule has 0 radical (unpaired) electrons. The monoisotopic (exact) mass is 488 g/mol. The van der Waals surface area contributed by atoms with Crippen molar-refractivity contribution in [2.45, 2.75) is 6.92 Å². The molecule has 0 spiro atoms. The highest BCUT2D eigenvalue weighted by Crippen LogP contribution is 2.39. The van der Waals surface area contributed by atoms with Gasteiger partial charge in [-0.3, -0.25) is 10.2 Å². The van der Waals surface area contributed by atoms with Gasteiger partial charge in [0.15, 0.2) is 5.75 Å². The standard InChI is InChI=1S/C20H14Cl2N6O5/c1-2-24-20(31)33-19(30)15(9-23)26-25-10-7-13(21)16(14(22)8-10)32-18-12-6-4-3-5-11(12)17(29)27-28-18/h3-8,25H,2H2,1H3,(H,24,31)(H,27,29)/b26-15+. The normalized spacial score (nSPS) is 10.9. The lowest BCUT2D eigenvalue weighted by atomic mass is 10.2. The maximum absolute atomic E-state index is 11.9. The number of nitrogens with zero attached hydrogens (tertiary/aromatic N) is 3. The predicted octanol–water partition coefficient (Wildman–Crippen LogP) is 3.59. The fraction of sp³-hybridized carbons (Fsp3) is 0.100. The van der Waals surface area contributed by atoms with E-state index in [4.69, 9.17) is 33.2 Å². The van der Waals surface area contributed by atoms with Gasteiger partial charge in [-0.1, -0.05) is 35.3 Å². The van der Waals surface area contributed by atoms with E-state index in [1.807, 2.05) is 0 Å². The molecule has 0 atom stereocenters. The Hall–Kier alpha value is -4.14. The van der Waals surface area contributed by atoms with E-state index >= 15 is 0 Å². The summed E-state index contributed by atoms with van der Waals surface area (Å²) in [7, 11) is 0. The zero-order chi connectivity index (χ0) is 24.0. The molecule has 1 aromatic heterocycles. The molecule has 0 aliphatic rings. The first-order valence-corrected chi connectivity index (χ1v) is 9.97. The van der Waals surface area contributed by atoms with Crippen molar-refractivity contribution < 1.29 is 19.1 Å². The topological polar surface area (TPSA) is 159 Å². The second-order valence-electron chi connectivity index (χ2n) is 6.17. The molecule has 33 heavy (non-hydrogen) atoms. The summed E-state index contributed by atoms with van der Waals surface area (Å²) in [6.45, 7) is 1.86. The van der Waals surface area contributed by atoms with Crippen molar-refractivity contribution >= 4 is 57.4 Å². The molecule has 3 N–H and O–H groups in total. The minimum Gasteiger partial charge on any atom is -0.434 e. The van der Waals surface area contributed by atoms with Crippen LogP contribution in [0.3, 0.4) is 0 Å². The van der Waals surface area contributed by atoms with Gasteiger partial charge in [0.2, 0.25) is 11.6 Å². The highest BCUT2D eigenvalue weighted by atomic mass is 35.5. The molecule has 11 nitrogen and oxygen atoms in total. The molecule has 13 heteroatoms. The quantitative estimate of drug-likeness (QED) is 0.205. The lowest BCUT2D eigenvalue weighted by Gasteiger charge is -2.12. The second kappa shape index (κ2) is 10.4. The summed E-state index contributed by atoms with van der Waals surface area (Å²) in [5, 5.41) is 22.1. The molecule has 0 saturated carbocycles. The summed E-state index contributed by atoms with van der Waals surface area (Å²) in [6, 6.07) is 10.9. The molecular formula is C20H14Cl2N6O5. The molecule has 0 aliphatic heterocycles. The van der Waals surface area contributed by atoms with E-state index in [0.29, 0.717) is 10.8 Å². The van der Waals surface area contributed by atoms with Crippen LogP contribution in [-0.2, 0) is 9.53 Å². The molecule has 1 heterocycles. The van der Waals surface area contributed by atoms with Gasteiger partial charge in [-0.2, -0.15) is 10.4 Å². The van der Waals surface area contributed by atoms with Gasteiger partial charge in [0.1, 0.15) is 6.07 Å². The van der Waals surface area contributed by atoms with Crippen LogP contribution >= 0.6 is 23.2 Å². The number of H-pyrrole nitrogens is 1. The fourth-order valence-corrected chi connectivity index (χ4v) is 3.10. The zero-order valence-corrected chi connectivity index (χ0v) is 18.3. The first-order valence-electron chi connectivity index (χ1n) is 9.22. The van der Waals surface area contributed by atoms with Crippen molar-refractivity contribution in [3.05, 3.63) is 56.8 Å². The number of amides is 1. The van der Waals surface area contributed by atoms with E-state index < -0.39 is 17.8 Å². The number of hydrogen-bond donors (Lipinski definition) is 3. The van der Waals surface area contributed by atoms with Crippen LogP contribution in [0, 0.1) is 11.3 Å². The number of anilines is 1. The Morgan fingerprint density at radius 2 is 1.88 bits per heavy atom. The predicted molar refractivity (Wildman–Crippen MR) is 121 cm³/mol. The molecule has 0 aliphatic carbocycles. The summed E-state index contributed by atoms with van der Waals surface area (Å²) in [5.74, 6) is -1.12. The molecule has 2 aromatic carbocycles. The van der Waals surface area contributed by atoms with Crippen LogP contribution in [0.1, 0.15) is 6.92 Å². The van der Waals surface area contributed by atoms with Gasteiger partial charge in [-0.25, -0.2) is 14.7 Å². The lowest BCUT2D eigenvalue weighted by molar-refractivity contribution is -0.129. The molecule has 3 rings (SSSR count). The number of carbonyl (C=O) groups is 2. The van der Waals surface area contributed by atoms with Crippen LogP contribution in [0.5, 0.6) is 11.6 Å². The minimum absolute atomic E-state index is 0.0423. The maximum atomic E-state index is 11.9. The summed E-state index contributed by atoms with van der Waals surface area (Å²) in [6.07, 6.45) is -1.01. The third-order valence-corrected chi connectivity index (χ3v) is 4.52. The van der Waals surface area contributed by atoms with Crippen LogP contribution in [0.4, 0.5) is 10.5 Å². The Kier molecular flexibility index (Phi) is 7.45. The van der Waals surface area contributed by atoms with Crippen molar-refractivity contribution in [2.75, 3.05) is 12.0 Å². The third-order valence-electron chi connectivity index (χ3n) is 3.96. The van der Waals surface area contributed by atoms with Crippen LogP contribution in [0.15, 0.2) is 46.3 Å². The van der Waals surface area contributed by atoms with Crippen molar-refractivity contribution in [1.82, 2.24) is 15.5 Å². The van der Waals surface area contributed by atoms with Gasteiger partial charge in [0.05, 0.1) is 26.5 Å². The number of hydrogen-bond acceptors (Lipinski definition) is 9. The smallest absolute Gasteiger partial charge is 0.415 e. The van der Waals surface area contributed by atoms with Crippen molar-refractivity contribution in [2.24, 2.45) is 5.10 Å². The summed E-state index contributed by atoms with van der Waals surface area (Å²) in [4.78, 5) is 35.1. The largest absolute Gasteiger partial charge is 0.434 e. The number of fused-ring (bicyclic) bond motifs is 1. The number of benzene rings is 2. The van der Waals surface area contributed by atoms with Crippen LogP contribution in [0.2, 0.25) is 10.0 Å². The number of esters is 1. The van der Waals surface area contributed by atoms with Gasteiger partial charge in [-0.05, 0) is 31.2 Å². The number of aromatic nitrogens is 2. The average molecular weight is 489 g/mol. The average Bonchev–Trinajstić information content (AvgIpc) is 2.78. The molecule has 1 amide bonds. The third kappa shape index (κ3) is 5.57. The number of nitrogens with one attached hydrogen (secondary N) is 3. The Labute approximate surface area is 195 Å². The molecule has 3 aromatic rings. The highest BCUT2D eigenvalue weighted by Gasteiger charge is 2.18. The fourth-order valence-electron chi connectivity index (χ4n) is 2.54. The number of aromatic amines is 1. The first kappa shape index (κ1) is 23.5. The van der Waals surface area contributed by atoms with E-state index in [-0.39, 0.29) is 39.5 Å². The summed E-state index contributed by atoms with van der Waals surface area (Å²) >= 11 is 12.6. The van der Waals surface area contributed by atoms with Crippen molar-refractivity contribution in [3.63, 3.8) is 0 Å². The van der Waals surface area contributed by atoms with Gasteiger partial charge in [0.25, 0.3) is 5.56 Å². The van der Waals surface area contributed by atoms with E-state index in [1.165, 1.54) is 18.2 Å². The van der Waals surface area contributed by atoms with E-state index in [1.54, 1.807) is 31.2 Å². The Morgan fingerprint density at radius 3 is 2.52 bits per heavy atom. The Bertz CT molecular complexity index is 1340. The van der Waals surface area contributed by atoms with Gasteiger partial charge < -0.3 is 14.8 Å². The molecule has 0 bridgehead atoms. The lowest BCUT2D eigenvalue weighted by Crippen LogP contribution is -2.29. The Balaban J connectivity index is 1.82. The highest BCUT2D eigenvalue weighted by molar-refractivity contribution is 6.44. The van der Waals surface area contributed by atoms with Crippen molar-refractivity contribution in [1.29, 1.82) is 5.26 Å². The number of halogens is 2. The van der Waals surface area contributed by atoms with Crippen LogP contribution < -0.4 is 21.0 Å². The number of ether oxygens (including phenoxy) is 2. The molecule has 0 unspecified atom stereocenters. The maximum Gasteiger partial charge on any atom is 0.415 e. The molecule has 0 fully saturated rings. The molecular weight excluding hydrogens is 475 g/mol. The SMILES string of the molecule is CCNC(=O)OC(=O)/C(C#N)=N/Nc1cc(Cl)c(Oc2n[nH]c(=O)c3ccccc23)c(Cl)c1. The van der Waals surface area contributed by atoms with Crippen LogP contribution in [-0.4, -0.2) is 34.5 Å². The molecule has 168 valence electrons. The minimum atomic E-state index is -1.25. The number of hydrazone groups is 1. The molecule has 0 saturated heterocycles. The number of rotatable bonds is 6. The van der Waals surface area contributed by atoms with Gasteiger partial charge in [0, 0.05) is 6.54 Å². The second-order valence-corrected chi connectivity index (χ2v) is 6.98. The summed E-state index contributed by atoms with van der Waals surface area (Å²) < 4.78 is 10.2. The van der Waals surface area contributed by atoms with E-state index in [9.17, 15) is 14.4 Å². The Morgan fingerprint density at radius 1 is 1.21 bits per heavy atom. The van der Waals surface area contributed by atoms with Gasteiger partial charge in [-0.15, -0.1) is 5.10 Å². The van der Waals surface area contributed by atoms with E-state index in [0.717, 1.165) is 0 Å². The van der Waals surface area contributed by atoms with Crippen molar-refractivity contribution in [3.8, 4) is 17.7 Å². The number of alkyl carbamates (subject to hydrolysis) is 1. The van der Waals surface area contributed by atoms with E-state index in [2.05, 4.69) is 30.8 Å². The number of nitriles is 1. The summed E-state index contributed by atoms with van der Waals surface area (Å²) in [5.41, 5.74) is 1.55. The van der Waals surface area contributed by atoms with Crippen LogP contribution in [0.25, 0.3) is 10.8 Å². The first-order chi connectivity index (χ1) is 15.8. The van der Waals surface area contributed by atoms with Gasteiger partial charge >= 0.3 is 12.1 Å². The number of carbonyl (C=O) groups excluding carboxylic acids is 2.